The van der Waals surface area contributed by atoms with E-state index in [1.807, 2.05) is 22.9 Å². The van der Waals surface area contributed by atoms with E-state index in [0.717, 1.165) is 4.88 Å². The van der Waals surface area contributed by atoms with Crippen LogP contribution in [0.4, 0.5) is 0 Å². The number of carbonyl (C=O) groups excluding carboxylic acids is 2. The molecule has 0 saturated carbocycles. The monoisotopic (exact) mass is 308 g/mol. The molecule has 0 radical (unpaired) electrons. The summed E-state index contributed by atoms with van der Waals surface area (Å²) in [4.78, 5) is 26.4. The number of carbonyl (C=O) groups is 2. The van der Waals surface area contributed by atoms with Gasteiger partial charge in [-0.25, -0.2) is 0 Å². The van der Waals surface area contributed by atoms with Gasteiger partial charge in [0, 0.05) is 35.8 Å². The molecule has 106 valence electrons. The van der Waals surface area contributed by atoms with Crippen LogP contribution in [0.25, 0.3) is 0 Å². The molecule has 0 aliphatic heterocycles. The Labute approximate surface area is 126 Å². The zero-order valence-electron chi connectivity index (χ0n) is 11.2. The number of amides is 2. The second-order valence-electron chi connectivity index (χ2n) is 4.35. The highest BCUT2D eigenvalue weighted by atomic mass is 32.1. The van der Waals surface area contributed by atoms with Crippen LogP contribution in [0.3, 0.4) is 0 Å². The van der Waals surface area contributed by atoms with Crippen molar-refractivity contribution in [1.82, 2.24) is 10.2 Å². The highest BCUT2D eigenvalue weighted by Gasteiger charge is 2.11. The maximum Gasteiger partial charge on any atom is 0.252 e. The molecular weight excluding hydrogens is 292 g/mol. The minimum absolute atomic E-state index is 0.0315. The van der Waals surface area contributed by atoms with Crippen LogP contribution in [-0.4, -0.2) is 30.3 Å². The fraction of sp³-hybridized carbons (Fsp3) is 0.286. The molecule has 0 atom stereocenters. The molecule has 2 amide bonds. The molecule has 0 aromatic carbocycles. The van der Waals surface area contributed by atoms with E-state index in [0.29, 0.717) is 25.1 Å². The molecule has 2 aromatic heterocycles. The third-order valence-electron chi connectivity index (χ3n) is 2.81. The molecule has 1 N–H and O–H groups in total. The minimum Gasteiger partial charge on any atom is -0.351 e. The van der Waals surface area contributed by atoms with E-state index in [-0.39, 0.29) is 11.8 Å². The number of rotatable bonds is 6. The van der Waals surface area contributed by atoms with E-state index in [4.69, 9.17) is 0 Å². The number of hydrogen-bond acceptors (Lipinski definition) is 4. The van der Waals surface area contributed by atoms with Crippen molar-refractivity contribution in [2.24, 2.45) is 0 Å². The van der Waals surface area contributed by atoms with Crippen LogP contribution in [-0.2, 0) is 11.3 Å². The Morgan fingerprint density at radius 1 is 1.30 bits per heavy atom. The molecule has 2 aromatic rings. The first kappa shape index (κ1) is 14.7. The summed E-state index contributed by atoms with van der Waals surface area (Å²) in [6.07, 6.45) is 0.317. The first-order chi connectivity index (χ1) is 9.66. The fourth-order valence-corrected chi connectivity index (χ4v) is 3.09. The number of thiophene rings is 2. The summed E-state index contributed by atoms with van der Waals surface area (Å²) in [5, 5.41) is 8.40. The van der Waals surface area contributed by atoms with Crippen molar-refractivity contribution in [3.05, 3.63) is 44.8 Å². The van der Waals surface area contributed by atoms with E-state index in [1.54, 1.807) is 34.7 Å². The summed E-state index contributed by atoms with van der Waals surface area (Å²) in [6.45, 7) is 0.983. The standard InChI is InChI=1S/C14H16N2O2S2/c1-16(9-12-3-2-7-20-12)13(17)4-6-15-14(18)11-5-8-19-10-11/h2-3,5,7-8,10H,4,6,9H2,1H3,(H,15,18). The van der Waals surface area contributed by atoms with Gasteiger partial charge in [0.15, 0.2) is 0 Å². The predicted molar refractivity (Wildman–Crippen MR) is 82.1 cm³/mol. The van der Waals surface area contributed by atoms with Crippen molar-refractivity contribution < 1.29 is 9.59 Å². The Morgan fingerprint density at radius 2 is 2.15 bits per heavy atom. The molecule has 4 nitrogen and oxygen atoms in total. The highest BCUT2D eigenvalue weighted by Crippen LogP contribution is 2.11. The van der Waals surface area contributed by atoms with Gasteiger partial charge in [-0.05, 0) is 22.9 Å². The lowest BCUT2D eigenvalue weighted by molar-refractivity contribution is -0.130. The maximum atomic E-state index is 11.9. The zero-order chi connectivity index (χ0) is 14.4. The second-order valence-corrected chi connectivity index (χ2v) is 6.16. The topological polar surface area (TPSA) is 49.4 Å². The van der Waals surface area contributed by atoms with Crippen LogP contribution in [0.1, 0.15) is 21.7 Å². The predicted octanol–water partition coefficient (Wildman–Crippen LogP) is 2.59. The van der Waals surface area contributed by atoms with E-state index >= 15 is 0 Å². The molecule has 2 heterocycles. The summed E-state index contributed by atoms with van der Waals surface area (Å²) in [7, 11) is 1.78. The Morgan fingerprint density at radius 3 is 2.80 bits per heavy atom. The summed E-state index contributed by atoms with van der Waals surface area (Å²) < 4.78 is 0. The van der Waals surface area contributed by atoms with Gasteiger partial charge in [-0.3, -0.25) is 9.59 Å². The number of nitrogens with one attached hydrogen (secondary N) is 1. The van der Waals surface area contributed by atoms with Gasteiger partial charge in [-0.15, -0.1) is 11.3 Å². The summed E-state index contributed by atoms with van der Waals surface area (Å²) in [6, 6.07) is 5.75. The molecule has 0 fully saturated rings. The van der Waals surface area contributed by atoms with Gasteiger partial charge in [-0.1, -0.05) is 6.07 Å². The van der Waals surface area contributed by atoms with Crippen LogP contribution >= 0.6 is 22.7 Å². The van der Waals surface area contributed by atoms with Gasteiger partial charge in [0.05, 0.1) is 6.54 Å². The average Bonchev–Trinajstić information content (AvgIpc) is 3.11. The molecule has 0 spiro atoms. The van der Waals surface area contributed by atoms with Crippen molar-refractivity contribution in [3.63, 3.8) is 0 Å². The first-order valence-electron chi connectivity index (χ1n) is 6.23. The van der Waals surface area contributed by atoms with Crippen LogP contribution in [0.5, 0.6) is 0 Å². The van der Waals surface area contributed by atoms with E-state index < -0.39 is 0 Å². The van der Waals surface area contributed by atoms with Gasteiger partial charge < -0.3 is 10.2 Å². The SMILES string of the molecule is CN(Cc1cccs1)C(=O)CCNC(=O)c1ccsc1. The lowest BCUT2D eigenvalue weighted by Crippen LogP contribution is -2.31. The van der Waals surface area contributed by atoms with Crippen LogP contribution in [0.15, 0.2) is 34.3 Å². The molecule has 0 aliphatic rings. The molecule has 6 heteroatoms. The summed E-state index contributed by atoms with van der Waals surface area (Å²) in [5.74, 6) is -0.0935. The van der Waals surface area contributed by atoms with Crippen molar-refractivity contribution in [1.29, 1.82) is 0 Å². The number of nitrogens with zero attached hydrogens (tertiary/aromatic N) is 1. The summed E-state index contributed by atoms with van der Waals surface area (Å²) >= 11 is 3.11. The van der Waals surface area contributed by atoms with E-state index in [2.05, 4.69) is 5.32 Å². The van der Waals surface area contributed by atoms with Crippen molar-refractivity contribution >= 4 is 34.5 Å². The van der Waals surface area contributed by atoms with Crippen LogP contribution in [0, 0.1) is 0 Å². The van der Waals surface area contributed by atoms with Crippen molar-refractivity contribution in [2.75, 3.05) is 13.6 Å². The molecular formula is C14H16N2O2S2. The normalized spacial score (nSPS) is 10.2. The van der Waals surface area contributed by atoms with Gasteiger partial charge in [0.2, 0.25) is 5.91 Å². The Bertz CT molecular complexity index is 550. The third-order valence-corrected chi connectivity index (χ3v) is 4.35. The van der Waals surface area contributed by atoms with Gasteiger partial charge >= 0.3 is 0 Å². The molecule has 0 saturated heterocycles. The van der Waals surface area contributed by atoms with Crippen LogP contribution < -0.4 is 5.32 Å². The quantitative estimate of drug-likeness (QED) is 0.891. The molecule has 0 unspecified atom stereocenters. The van der Waals surface area contributed by atoms with Gasteiger partial charge in [0.25, 0.3) is 5.91 Å². The maximum absolute atomic E-state index is 11.9. The van der Waals surface area contributed by atoms with Gasteiger partial charge in [0.1, 0.15) is 0 Å². The van der Waals surface area contributed by atoms with Crippen molar-refractivity contribution in [3.8, 4) is 0 Å². The van der Waals surface area contributed by atoms with Crippen LogP contribution in [0.2, 0.25) is 0 Å². The van der Waals surface area contributed by atoms with E-state index in [1.165, 1.54) is 11.3 Å². The molecule has 2 rings (SSSR count). The Balaban J connectivity index is 1.71. The largest absolute Gasteiger partial charge is 0.351 e. The molecule has 20 heavy (non-hydrogen) atoms. The van der Waals surface area contributed by atoms with Crippen molar-refractivity contribution in [2.45, 2.75) is 13.0 Å². The smallest absolute Gasteiger partial charge is 0.252 e. The zero-order valence-corrected chi connectivity index (χ0v) is 12.8. The second kappa shape index (κ2) is 7.21. The molecule has 0 bridgehead atoms. The lowest BCUT2D eigenvalue weighted by atomic mass is 10.3. The average molecular weight is 308 g/mol. The fourth-order valence-electron chi connectivity index (χ4n) is 1.69. The number of hydrogen-bond donors (Lipinski definition) is 1. The lowest BCUT2D eigenvalue weighted by Gasteiger charge is -2.16. The highest BCUT2D eigenvalue weighted by molar-refractivity contribution is 7.09. The Kier molecular flexibility index (Phi) is 5.31. The summed E-state index contributed by atoms with van der Waals surface area (Å²) in [5.41, 5.74) is 0.648. The minimum atomic E-state index is -0.125. The third kappa shape index (κ3) is 4.18. The Hall–Kier alpha value is -1.66. The molecule has 0 aliphatic carbocycles. The first-order valence-corrected chi connectivity index (χ1v) is 8.06. The van der Waals surface area contributed by atoms with Gasteiger partial charge in [-0.2, -0.15) is 11.3 Å². The van der Waals surface area contributed by atoms with E-state index in [9.17, 15) is 9.59 Å².